The van der Waals surface area contributed by atoms with Crippen molar-refractivity contribution in [2.75, 3.05) is 26.2 Å². The Balaban J connectivity index is 1.60. The molecule has 0 spiro atoms. The van der Waals surface area contributed by atoms with Crippen LogP contribution < -0.4 is 5.32 Å². The Bertz CT molecular complexity index is 314. The van der Waals surface area contributed by atoms with Crippen LogP contribution in [0.5, 0.6) is 0 Å². The lowest BCUT2D eigenvalue weighted by Gasteiger charge is -2.29. The number of nitrogens with one attached hydrogen (secondary N) is 1. The molecule has 1 aliphatic carbocycles. The fourth-order valence-electron chi connectivity index (χ4n) is 3.73. The molecule has 4 heteroatoms. The van der Waals surface area contributed by atoms with E-state index >= 15 is 0 Å². The summed E-state index contributed by atoms with van der Waals surface area (Å²) < 4.78 is 0. The van der Waals surface area contributed by atoms with Crippen LogP contribution in [0.2, 0.25) is 0 Å². The van der Waals surface area contributed by atoms with Gasteiger partial charge in [-0.3, -0.25) is 0 Å². The number of aliphatic hydroxyl groups excluding tert-OH is 1. The van der Waals surface area contributed by atoms with Gasteiger partial charge in [0.15, 0.2) is 0 Å². The van der Waals surface area contributed by atoms with Crippen molar-refractivity contribution in [1.29, 1.82) is 0 Å². The first-order valence-electron chi connectivity index (χ1n) is 8.86. The highest BCUT2D eigenvalue weighted by Crippen LogP contribution is 2.31. The van der Waals surface area contributed by atoms with Gasteiger partial charge in [-0.1, -0.05) is 39.0 Å². The van der Waals surface area contributed by atoms with Gasteiger partial charge in [0.2, 0.25) is 0 Å². The summed E-state index contributed by atoms with van der Waals surface area (Å²) in [6, 6.07) is 0.0686. The van der Waals surface area contributed by atoms with E-state index in [2.05, 4.69) is 12.2 Å². The Morgan fingerprint density at radius 1 is 1.14 bits per heavy atom. The first-order chi connectivity index (χ1) is 10.2. The fraction of sp³-hybridized carbons (Fsp3) is 0.941. The van der Waals surface area contributed by atoms with E-state index in [9.17, 15) is 4.79 Å². The third-order valence-electron chi connectivity index (χ3n) is 5.31. The zero-order valence-corrected chi connectivity index (χ0v) is 13.5. The zero-order valence-electron chi connectivity index (χ0n) is 13.5. The molecule has 1 atom stereocenters. The van der Waals surface area contributed by atoms with Crippen molar-refractivity contribution in [1.82, 2.24) is 10.2 Å². The molecule has 2 aliphatic rings. The first kappa shape index (κ1) is 16.6. The lowest BCUT2D eigenvalue weighted by atomic mass is 9.80. The third-order valence-corrected chi connectivity index (χ3v) is 5.31. The molecule has 2 N–H and O–H groups in total. The van der Waals surface area contributed by atoms with E-state index in [4.69, 9.17) is 5.11 Å². The van der Waals surface area contributed by atoms with Crippen molar-refractivity contribution in [3.8, 4) is 0 Å². The second kappa shape index (κ2) is 8.62. The van der Waals surface area contributed by atoms with Crippen LogP contribution in [-0.4, -0.2) is 42.3 Å². The molecule has 1 saturated carbocycles. The summed E-state index contributed by atoms with van der Waals surface area (Å²) >= 11 is 0. The number of hydrogen-bond acceptors (Lipinski definition) is 2. The maximum Gasteiger partial charge on any atom is 0.317 e. The van der Waals surface area contributed by atoms with E-state index in [1.807, 2.05) is 4.90 Å². The van der Waals surface area contributed by atoms with Gasteiger partial charge < -0.3 is 15.3 Å². The Morgan fingerprint density at radius 3 is 2.48 bits per heavy atom. The number of carbonyl (C=O) groups is 1. The molecule has 2 rings (SSSR count). The minimum absolute atomic E-state index is 0.0686. The Kier molecular flexibility index (Phi) is 6.81. The number of nitrogens with zero attached hydrogens (tertiary/aromatic N) is 1. The number of hydrogen-bond donors (Lipinski definition) is 2. The van der Waals surface area contributed by atoms with Crippen molar-refractivity contribution >= 4 is 6.03 Å². The normalized spacial score (nSPS) is 29.6. The molecule has 0 bridgehead atoms. The molecule has 1 saturated heterocycles. The van der Waals surface area contributed by atoms with E-state index in [1.165, 1.54) is 44.9 Å². The predicted molar refractivity (Wildman–Crippen MR) is 85.1 cm³/mol. The van der Waals surface area contributed by atoms with Gasteiger partial charge in [0, 0.05) is 32.2 Å². The maximum absolute atomic E-state index is 12.1. The van der Waals surface area contributed by atoms with Gasteiger partial charge in [-0.05, 0) is 31.1 Å². The third kappa shape index (κ3) is 5.17. The molecule has 2 fully saturated rings. The van der Waals surface area contributed by atoms with Crippen molar-refractivity contribution < 1.29 is 9.90 Å². The summed E-state index contributed by atoms with van der Waals surface area (Å²) in [5.74, 6) is 1.88. The smallest absolute Gasteiger partial charge is 0.317 e. The molecular formula is C17H32N2O2. The molecule has 21 heavy (non-hydrogen) atoms. The number of urea groups is 1. The van der Waals surface area contributed by atoms with Crippen LogP contribution in [0.15, 0.2) is 0 Å². The van der Waals surface area contributed by atoms with Gasteiger partial charge in [0.1, 0.15) is 0 Å². The van der Waals surface area contributed by atoms with Crippen LogP contribution >= 0.6 is 0 Å². The molecular weight excluding hydrogens is 264 g/mol. The zero-order chi connectivity index (χ0) is 15.1. The quantitative estimate of drug-likeness (QED) is 0.791. The molecule has 0 aromatic carbocycles. The largest absolute Gasteiger partial charge is 0.396 e. The maximum atomic E-state index is 12.1. The minimum Gasteiger partial charge on any atom is -0.396 e. The molecule has 0 radical (unpaired) electrons. The molecule has 0 aromatic heterocycles. The van der Waals surface area contributed by atoms with Gasteiger partial charge in [-0.15, -0.1) is 0 Å². The van der Waals surface area contributed by atoms with Crippen LogP contribution in [0.25, 0.3) is 0 Å². The second-order valence-electron chi connectivity index (χ2n) is 7.00. The Labute approximate surface area is 129 Å². The van der Waals surface area contributed by atoms with Crippen LogP contribution in [0, 0.1) is 17.8 Å². The molecule has 1 heterocycles. The minimum atomic E-state index is 0.0686. The van der Waals surface area contributed by atoms with Crippen molar-refractivity contribution in [3.05, 3.63) is 0 Å². The van der Waals surface area contributed by atoms with E-state index < -0.39 is 0 Å². The van der Waals surface area contributed by atoms with Crippen LogP contribution in [0.4, 0.5) is 4.79 Å². The monoisotopic (exact) mass is 296 g/mol. The van der Waals surface area contributed by atoms with E-state index in [1.54, 1.807) is 0 Å². The van der Waals surface area contributed by atoms with E-state index in [-0.39, 0.29) is 18.6 Å². The summed E-state index contributed by atoms with van der Waals surface area (Å²) in [5.41, 5.74) is 0. The van der Waals surface area contributed by atoms with Gasteiger partial charge in [-0.2, -0.15) is 0 Å². The average Bonchev–Trinajstić information content (AvgIpc) is 3.00. The van der Waals surface area contributed by atoms with Gasteiger partial charge >= 0.3 is 6.03 Å². The topological polar surface area (TPSA) is 52.6 Å². The van der Waals surface area contributed by atoms with Crippen LogP contribution in [-0.2, 0) is 0 Å². The van der Waals surface area contributed by atoms with Crippen LogP contribution in [0.1, 0.15) is 58.3 Å². The molecule has 2 amide bonds. The highest BCUT2D eigenvalue weighted by Gasteiger charge is 2.26. The number of aliphatic hydroxyl groups is 1. The van der Waals surface area contributed by atoms with Crippen molar-refractivity contribution in [3.63, 3.8) is 0 Å². The lowest BCUT2D eigenvalue weighted by Crippen LogP contribution is -2.41. The summed E-state index contributed by atoms with van der Waals surface area (Å²) in [7, 11) is 0. The SMILES string of the molecule is CCCCC1CCC(CNC(=O)N2CCC(CO)C2)CC1. The summed E-state index contributed by atoms with van der Waals surface area (Å²) in [6.45, 7) is 4.80. The number of unbranched alkanes of at least 4 members (excludes halogenated alkanes) is 1. The number of likely N-dealkylation sites (tertiary alicyclic amines) is 1. The summed E-state index contributed by atoms with van der Waals surface area (Å²) in [6.07, 6.45) is 10.2. The van der Waals surface area contributed by atoms with Gasteiger partial charge in [0.25, 0.3) is 0 Å². The molecule has 0 aromatic rings. The number of amides is 2. The second-order valence-corrected chi connectivity index (χ2v) is 7.00. The highest BCUT2D eigenvalue weighted by atomic mass is 16.3. The highest BCUT2D eigenvalue weighted by molar-refractivity contribution is 5.74. The van der Waals surface area contributed by atoms with E-state index in [0.29, 0.717) is 12.5 Å². The Hall–Kier alpha value is -0.770. The molecule has 122 valence electrons. The average molecular weight is 296 g/mol. The van der Waals surface area contributed by atoms with Gasteiger partial charge in [-0.25, -0.2) is 4.79 Å². The lowest BCUT2D eigenvalue weighted by molar-refractivity contribution is 0.192. The Morgan fingerprint density at radius 2 is 1.86 bits per heavy atom. The standard InChI is InChI=1S/C17H32N2O2/c1-2-3-4-14-5-7-15(8-6-14)11-18-17(21)19-10-9-16(12-19)13-20/h14-16,20H,2-13H2,1H3,(H,18,21). The number of rotatable bonds is 6. The molecule has 1 unspecified atom stereocenters. The van der Waals surface area contributed by atoms with Gasteiger partial charge in [0.05, 0.1) is 0 Å². The summed E-state index contributed by atoms with van der Waals surface area (Å²) in [5, 5.41) is 12.2. The first-order valence-corrected chi connectivity index (χ1v) is 8.86. The van der Waals surface area contributed by atoms with Crippen molar-refractivity contribution in [2.24, 2.45) is 17.8 Å². The fourth-order valence-corrected chi connectivity index (χ4v) is 3.73. The van der Waals surface area contributed by atoms with E-state index in [0.717, 1.165) is 25.4 Å². The number of carbonyl (C=O) groups excluding carboxylic acids is 1. The molecule has 4 nitrogen and oxygen atoms in total. The van der Waals surface area contributed by atoms with Crippen LogP contribution in [0.3, 0.4) is 0 Å². The summed E-state index contributed by atoms with van der Waals surface area (Å²) in [4.78, 5) is 13.9. The molecule has 1 aliphatic heterocycles. The predicted octanol–water partition coefficient (Wildman–Crippen LogP) is 3.01. The van der Waals surface area contributed by atoms with Crippen molar-refractivity contribution in [2.45, 2.75) is 58.3 Å².